The molecule has 0 spiro atoms. The third-order valence-electron chi connectivity index (χ3n) is 4.20. The minimum absolute atomic E-state index is 0.00462. The van der Waals surface area contributed by atoms with E-state index in [9.17, 15) is 4.79 Å². The number of carbonyl (C=O) groups excluding carboxylic acids is 1. The number of nitrogens with zero attached hydrogens (tertiary/aromatic N) is 2. The first kappa shape index (κ1) is 19.4. The SMILES string of the molecule is CCC(=O)N(c1ccc(Cl)cc1)c1nc(-c2ccc(OC)cc2)c(CC)s1. The summed E-state index contributed by atoms with van der Waals surface area (Å²) in [4.78, 5) is 20.3. The summed E-state index contributed by atoms with van der Waals surface area (Å²) >= 11 is 7.55. The number of methoxy groups -OCH3 is 1. The maximum Gasteiger partial charge on any atom is 0.233 e. The summed E-state index contributed by atoms with van der Waals surface area (Å²) in [5.41, 5.74) is 2.68. The van der Waals surface area contributed by atoms with Crippen LogP contribution < -0.4 is 9.64 Å². The minimum atomic E-state index is -0.00462. The van der Waals surface area contributed by atoms with Crippen LogP contribution in [0.1, 0.15) is 25.1 Å². The molecule has 0 atom stereocenters. The first-order valence-electron chi connectivity index (χ1n) is 8.80. The van der Waals surface area contributed by atoms with Crippen molar-refractivity contribution in [3.63, 3.8) is 0 Å². The Morgan fingerprint density at radius 1 is 1.11 bits per heavy atom. The molecule has 0 bridgehead atoms. The molecule has 1 aromatic heterocycles. The van der Waals surface area contributed by atoms with E-state index in [4.69, 9.17) is 21.3 Å². The number of amides is 1. The molecule has 0 saturated carbocycles. The van der Waals surface area contributed by atoms with Gasteiger partial charge in [0.25, 0.3) is 0 Å². The summed E-state index contributed by atoms with van der Waals surface area (Å²) in [5, 5.41) is 1.31. The van der Waals surface area contributed by atoms with Gasteiger partial charge in [-0.05, 0) is 55.0 Å². The zero-order valence-corrected chi connectivity index (χ0v) is 17.1. The molecule has 1 heterocycles. The van der Waals surface area contributed by atoms with Gasteiger partial charge in [0.1, 0.15) is 5.75 Å². The Morgan fingerprint density at radius 3 is 2.33 bits per heavy atom. The molecule has 3 aromatic rings. The molecule has 0 unspecified atom stereocenters. The topological polar surface area (TPSA) is 42.4 Å². The van der Waals surface area contributed by atoms with Gasteiger partial charge in [-0.25, -0.2) is 4.98 Å². The number of carbonyl (C=O) groups is 1. The van der Waals surface area contributed by atoms with Crippen LogP contribution >= 0.6 is 22.9 Å². The normalized spacial score (nSPS) is 10.7. The molecule has 0 aliphatic carbocycles. The van der Waals surface area contributed by atoms with E-state index >= 15 is 0 Å². The van der Waals surface area contributed by atoms with Gasteiger partial charge in [-0.1, -0.05) is 25.4 Å². The molecule has 2 aromatic carbocycles. The fourth-order valence-corrected chi connectivity index (χ4v) is 3.94. The maximum absolute atomic E-state index is 12.7. The van der Waals surface area contributed by atoms with Crippen LogP contribution in [0.3, 0.4) is 0 Å². The van der Waals surface area contributed by atoms with Crippen LogP contribution in [0, 0.1) is 0 Å². The summed E-state index contributed by atoms with van der Waals surface area (Å²) in [6.07, 6.45) is 1.23. The third-order valence-corrected chi connectivity index (χ3v) is 5.64. The van der Waals surface area contributed by atoms with E-state index in [1.807, 2.05) is 43.3 Å². The highest BCUT2D eigenvalue weighted by Crippen LogP contribution is 2.37. The van der Waals surface area contributed by atoms with E-state index in [1.165, 1.54) is 0 Å². The second-order valence-corrected chi connectivity index (χ2v) is 7.41. The number of ether oxygens (including phenoxy) is 1. The number of thiazole rings is 1. The highest BCUT2D eigenvalue weighted by Gasteiger charge is 2.22. The highest BCUT2D eigenvalue weighted by atomic mass is 35.5. The van der Waals surface area contributed by atoms with Crippen LogP contribution in [0.25, 0.3) is 11.3 Å². The average Bonchev–Trinajstić information content (AvgIpc) is 3.13. The quantitative estimate of drug-likeness (QED) is 0.501. The largest absolute Gasteiger partial charge is 0.497 e. The lowest BCUT2D eigenvalue weighted by molar-refractivity contribution is -0.117. The fourth-order valence-electron chi connectivity index (χ4n) is 2.76. The first-order valence-corrected chi connectivity index (χ1v) is 9.99. The summed E-state index contributed by atoms with van der Waals surface area (Å²) in [6, 6.07) is 15.1. The third kappa shape index (κ3) is 4.15. The monoisotopic (exact) mass is 400 g/mol. The number of benzene rings is 2. The number of aryl methyl sites for hydroxylation is 1. The van der Waals surface area contributed by atoms with E-state index in [-0.39, 0.29) is 5.91 Å². The molecule has 6 heteroatoms. The Morgan fingerprint density at radius 2 is 1.78 bits per heavy atom. The van der Waals surface area contributed by atoms with Crippen molar-refractivity contribution in [2.45, 2.75) is 26.7 Å². The number of rotatable bonds is 6. The average molecular weight is 401 g/mol. The van der Waals surface area contributed by atoms with Gasteiger partial charge in [0.05, 0.1) is 18.5 Å². The summed E-state index contributed by atoms with van der Waals surface area (Å²) in [5.74, 6) is 0.797. The molecule has 1 amide bonds. The summed E-state index contributed by atoms with van der Waals surface area (Å²) in [6.45, 7) is 3.95. The molecule has 0 N–H and O–H groups in total. The molecule has 0 aliphatic heterocycles. The summed E-state index contributed by atoms with van der Waals surface area (Å²) < 4.78 is 5.24. The van der Waals surface area contributed by atoms with E-state index in [0.29, 0.717) is 16.6 Å². The van der Waals surface area contributed by atoms with E-state index in [2.05, 4.69) is 6.92 Å². The predicted molar refractivity (Wildman–Crippen MR) is 112 cm³/mol. The first-order chi connectivity index (χ1) is 13.1. The Bertz CT molecular complexity index is 920. The second kappa shape index (κ2) is 8.55. The molecule has 0 radical (unpaired) electrons. The molecule has 0 fully saturated rings. The number of halogens is 1. The van der Waals surface area contributed by atoms with Crippen molar-refractivity contribution in [1.29, 1.82) is 0 Å². The van der Waals surface area contributed by atoms with Gasteiger partial charge in [0.15, 0.2) is 5.13 Å². The lowest BCUT2D eigenvalue weighted by Crippen LogP contribution is -2.24. The van der Waals surface area contributed by atoms with Gasteiger partial charge in [-0.15, -0.1) is 11.3 Å². The number of anilines is 2. The molecule has 3 rings (SSSR count). The van der Waals surface area contributed by atoms with Crippen LogP contribution in [-0.2, 0) is 11.2 Å². The van der Waals surface area contributed by atoms with E-state index in [1.54, 1.807) is 35.5 Å². The zero-order chi connectivity index (χ0) is 19.4. The van der Waals surface area contributed by atoms with Gasteiger partial charge in [-0.3, -0.25) is 9.69 Å². The molecule has 140 valence electrons. The molecule has 27 heavy (non-hydrogen) atoms. The smallest absolute Gasteiger partial charge is 0.233 e. The Balaban J connectivity index is 2.06. The maximum atomic E-state index is 12.7. The predicted octanol–water partition coefficient (Wildman–Crippen LogP) is 6.11. The lowest BCUT2D eigenvalue weighted by Gasteiger charge is -2.19. The fraction of sp³-hybridized carbons (Fsp3) is 0.238. The molecule has 0 saturated heterocycles. The molecule has 4 nitrogen and oxygen atoms in total. The van der Waals surface area contributed by atoms with Gasteiger partial charge < -0.3 is 4.74 Å². The second-order valence-electron chi connectivity index (χ2n) is 5.91. The van der Waals surface area contributed by atoms with Crippen LogP contribution in [0.2, 0.25) is 5.02 Å². The van der Waals surface area contributed by atoms with Gasteiger partial charge in [0.2, 0.25) is 5.91 Å². The van der Waals surface area contributed by atoms with Crippen molar-refractivity contribution in [2.24, 2.45) is 0 Å². The lowest BCUT2D eigenvalue weighted by atomic mass is 10.1. The number of aromatic nitrogens is 1. The van der Waals surface area contributed by atoms with Crippen LogP contribution in [-0.4, -0.2) is 18.0 Å². The van der Waals surface area contributed by atoms with Crippen LogP contribution in [0.5, 0.6) is 5.75 Å². The Labute approximate surface area is 168 Å². The van der Waals surface area contributed by atoms with Crippen molar-refractivity contribution in [2.75, 3.05) is 12.0 Å². The number of hydrogen-bond donors (Lipinski definition) is 0. The molecular weight excluding hydrogens is 380 g/mol. The van der Waals surface area contributed by atoms with Gasteiger partial charge in [0, 0.05) is 21.9 Å². The van der Waals surface area contributed by atoms with E-state index < -0.39 is 0 Å². The molecule has 0 aliphatic rings. The van der Waals surface area contributed by atoms with Gasteiger partial charge >= 0.3 is 0 Å². The van der Waals surface area contributed by atoms with Crippen molar-refractivity contribution >= 4 is 39.7 Å². The zero-order valence-electron chi connectivity index (χ0n) is 15.5. The van der Waals surface area contributed by atoms with Crippen molar-refractivity contribution in [1.82, 2.24) is 4.98 Å². The highest BCUT2D eigenvalue weighted by molar-refractivity contribution is 7.16. The van der Waals surface area contributed by atoms with Crippen LogP contribution in [0.4, 0.5) is 10.8 Å². The van der Waals surface area contributed by atoms with Crippen molar-refractivity contribution in [3.05, 3.63) is 58.4 Å². The number of hydrogen-bond acceptors (Lipinski definition) is 4. The molecular formula is C21H21ClN2O2S. The standard InChI is InChI=1S/C21H21ClN2O2S/c1-4-18-20(14-6-12-17(26-3)13-7-14)23-21(27-18)24(19(25)5-2)16-10-8-15(22)9-11-16/h6-13H,4-5H2,1-3H3. The van der Waals surface area contributed by atoms with Crippen LogP contribution in [0.15, 0.2) is 48.5 Å². The Kier molecular flexibility index (Phi) is 6.14. The minimum Gasteiger partial charge on any atom is -0.497 e. The van der Waals surface area contributed by atoms with Crippen molar-refractivity contribution in [3.8, 4) is 17.0 Å². The Hall–Kier alpha value is -2.37. The van der Waals surface area contributed by atoms with Gasteiger partial charge in [-0.2, -0.15) is 0 Å². The summed E-state index contributed by atoms with van der Waals surface area (Å²) in [7, 11) is 1.65. The van der Waals surface area contributed by atoms with E-state index in [0.717, 1.165) is 34.0 Å². The van der Waals surface area contributed by atoms with Crippen molar-refractivity contribution < 1.29 is 9.53 Å².